The molecule has 0 aromatic heterocycles. The van der Waals surface area contributed by atoms with E-state index in [2.05, 4.69) is 10.6 Å². The summed E-state index contributed by atoms with van der Waals surface area (Å²) in [6.07, 6.45) is -0.200. The summed E-state index contributed by atoms with van der Waals surface area (Å²) in [5.41, 5.74) is 0.613. The molecule has 1 atom stereocenters. The zero-order chi connectivity index (χ0) is 15.9. The molecule has 0 fully saturated rings. The average molecular weight is 294 g/mol. The average Bonchev–Trinajstić information content (AvgIpc) is 2.41. The minimum absolute atomic E-state index is 0.00828. The summed E-state index contributed by atoms with van der Waals surface area (Å²) < 4.78 is 5.07. The number of aliphatic hydroxyl groups excluding tert-OH is 1. The molecule has 1 amide bonds. The number of amides is 1. The Balaban J connectivity index is 2.27. The zero-order valence-corrected chi connectivity index (χ0v) is 13.3. The molecule has 0 radical (unpaired) electrons. The fourth-order valence-electron chi connectivity index (χ4n) is 1.87. The lowest BCUT2D eigenvalue weighted by atomic mass is 10.1. The summed E-state index contributed by atoms with van der Waals surface area (Å²) in [5, 5.41) is 16.0. The lowest BCUT2D eigenvalue weighted by molar-refractivity contribution is -0.122. The third kappa shape index (κ3) is 7.11. The van der Waals surface area contributed by atoms with Gasteiger partial charge in [-0.1, -0.05) is 12.1 Å². The first-order chi connectivity index (χ1) is 9.81. The molecule has 0 aliphatic heterocycles. The molecule has 5 heteroatoms. The van der Waals surface area contributed by atoms with Gasteiger partial charge in [-0.2, -0.15) is 0 Å². The van der Waals surface area contributed by atoms with E-state index in [4.69, 9.17) is 4.74 Å². The summed E-state index contributed by atoms with van der Waals surface area (Å²) >= 11 is 0. The van der Waals surface area contributed by atoms with Crippen LogP contribution in [0.5, 0.6) is 5.75 Å². The first-order valence-corrected chi connectivity index (χ1v) is 7.15. The standard InChI is InChI=1S/C16H26N2O3/c1-16(2,3)18-15(20)9-10-17-11-14(19)12-5-7-13(21-4)8-6-12/h5-8,14,17,19H,9-11H2,1-4H3,(H,18,20). The maximum atomic E-state index is 11.6. The largest absolute Gasteiger partial charge is 0.497 e. The monoisotopic (exact) mass is 294 g/mol. The predicted molar refractivity (Wildman–Crippen MR) is 83.3 cm³/mol. The van der Waals surface area contributed by atoms with Crippen LogP contribution in [0.3, 0.4) is 0 Å². The Hall–Kier alpha value is -1.59. The molecule has 1 rings (SSSR count). The van der Waals surface area contributed by atoms with Gasteiger partial charge in [-0.05, 0) is 38.5 Å². The molecule has 1 aromatic carbocycles. The molecule has 21 heavy (non-hydrogen) atoms. The van der Waals surface area contributed by atoms with Crippen LogP contribution in [0.25, 0.3) is 0 Å². The van der Waals surface area contributed by atoms with E-state index in [1.54, 1.807) is 7.11 Å². The van der Waals surface area contributed by atoms with Gasteiger partial charge in [0.15, 0.2) is 0 Å². The van der Waals surface area contributed by atoms with Crippen molar-refractivity contribution in [2.75, 3.05) is 20.2 Å². The minimum Gasteiger partial charge on any atom is -0.497 e. The Morgan fingerprint density at radius 2 is 1.90 bits per heavy atom. The van der Waals surface area contributed by atoms with Crippen LogP contribution < -0.4 is 15.4 Å². The van der Waals surface area contributed by atoms with E-state index in [1.165, 1.54) is 0 Å². The van der Waals surface area contributed by atoms with Crippen molar-refractivity contribution in [3.63, 3.8) is 0 Å². The van der Waals surface area contributed by atoms with Gasteiger partial charge in [0.1, 0.15) is 5.75 Å². The number of hydrogen-bond acceptors (Lipinski definition) is 4. The van der Waals surface area contributed by atoms with Crippen LogP contribution in [-0.4, -0.2) is 36.8 Å². The van der Waals surface area contributed by atoms with Crippen LogP contribution in [0, 0.1) is 0 Å². The second-order valence-electron chi connectivity index (χ2n) is 6.04. The van der Waals surface area contributed by atoms with E-state index in [0.717, 1.165) is 11.3 Å². The van der Waals surface area contributed by atoms with Crippen LogP contribution in [0.4, 0.5) is 0 Å². The van der Waals surface area contributed by atoms with Crippen molar-refractivity contribution < 1.29 is 14.6 Å². The Kier molecular flexibility index (Phi) is 6.65. The quantitative estimate of drug-likeness (QED) is 0.668. The number of ether oxygens (including phenoxy) is 1. The highest BCUT2D eigenvalue weighted by Crippen LogP contribution is 2.16. The van der Waals surface area contributed by atoms with Crippen LogP contribution in [0.2, 0.25) is 0 Å². The Labute approximate surface area is 126 Å². The fraction of sp³-hybridized carbons (Fsp3) is 0.562. The van der Waals surface area contributed by atoms with Crippen molar-refractivity contribution in [1.29, 1.82) is 0 Å². The van der Waals surface area contributed by atoms with E-state index in [-0.39, 0.29) is 11.4 Å². The van der Waals surface area contributed by atoms with Gasteiger partial charge in [0.2, 0.25) is 5.91 Å². The lowest BCUT2D eigenvalue weighted by Gasteiger charge is -2.20. The van der Waals surface area contributed by atoms with Gasteiger partial charge >= 0.3 is 0 Å². The van der Waals surface area contributed by atoms with Gasteiger partial charge in [-0.15, -0.1) is 0 Å². The van der Waals surface area contributed by atoms with E-state index in [9.17, 15) is 9.90 Å². The van der Waals surface area contributed by atoms with Crippen LogP contribution in [-0.2, 0) is 4.79 Å². The second kappa shape index (κ2) is 8.00. The summed E-state index contributed by atoms with van der Waals surface area (Å²) in [4.78, 5) is 11.6. The van der Waals surface area contributed by atoms with Gasteiger partial charge in [0.05, 0.1) is 13.2 Å². The molecule has 0 aliphatic rings. The van der Waals surface area contributed by atoms with Crippen molar-refractivity contribution >= 4 is 5.91 Å². The molecule has 0 saturated carbocycles. The maximum absolute atomic E-state index is 11.6. The van der Waals surface area contributed by atoms with Gasteiger partial charge in [-0.25, -0.2) is 0 Å². The van der Waals surface area contributed by atoms with Crippen LogP contribution in [0.1, 0.15) is 38.9 Å². The maximum Gasteiger partial charge on any atom is 0.221 e. The molecular weight excluding hydrogens is 268 g/mol. The minimum atomic E-state index is -0.596. The first-order valence-electron chi connectivity index (χ1n) is 7.15. The van der Waals surface area contributed by atoms with Crippen molar-refractivity contribution in [1.82, 2.24) is 10.6 Å². The molecule has 5 nitrogen and oxygen atoms in total. The van der Waals surface area contributed by atoms with Crippen LogP contribution in [0.15, 0.2) is 24.3 Å². The third-order valence-electron chi connectivity index (χ3n) is 2.88. The summed E-state index contributed by atoms with van der Waals surface area (Å²) in [6, 6.07) is 7.29. The molecule has 0 heterocycles. The lowest BCUT2D eigenvalue weighted by Crippen LogP contribution is -2.41. The molecule has 1 aromatic rings. The Bertz CT molecular complexity index is 438. The third-order valence-corrected chi connectivity index (χ3v) is 2.88. The summed E-state index contributed by atoms with van der Waals surface area (Å²) in [5.74, 6) is 0.770. The Morgan fingerprint density at radius 1 is 1.29 bits per heavy atom. The number of nitrogens with one attached hydrogen (secondary N) is 2. The SMILES string of the molecule is COc1ccc(C(O)CNCCC(=O)NC(C)(C)C)cc1. The smallest absolute Gasteiger partial charge is 0.221 e. The normalized spacial score (nSPS) is 12.8. The number of hydrogen-bond donors (Lipinski definition) is 3. The van der Waals surface area contributed by atoms with Gasteiger partial charge < -0.3 is 20.5 Å². The molecule has 118 valence electrons. The predicted octanol–water partition coefficient (Wildman–Crippen LogP) is 1.62. The molecule has 0 bridgehead atoms. The van der Waals surface area contributed by atoms with Crippen molar-refractivity contribution in [3.8, 4) is 5.75 Å². The highest BCUT2D eigenvalue weighted by Gasteiger charge is 2.13. The number of carbonyl (C=O) groups is 1. The number of methoxy groups -OCH3 is 1. The van der Waals surface area contributed by atoms with Crippen molar-refractivity contribution in [3.05, 3.63) is 29.8 Å². The number of benzene rings is 1. The number of carbonyl (C=O) groups excluding carboxylic acids is 1. The Morgan fingerprint density at radius 3 is 2.43 bits per heavy atom. The van der Waals surface area contributed by atoms with E-state index >= 15 is 0 Å². The highest BCUT2D eigenvalue weighted by molar-refractivity contribution is 5.76. The summed E-state index contributed by atoms with van der Waals surface area (Å²) in [7, 11) is 1.61. The van der Waals surface area contributed by atoms with Gasteiger partial charge in [-0.3, -0.25) is 4.79 Å². The van der Waals surface area contributed by atoms with Crippen molar-refractivity contribution in [2.24, 2.45) is 0 Å². The zero-order valence-electron chi connectivity index (χ0n) is 13.3. The second-order valence-corrected chi connectivity index (χ2v) is 6.04. The van der Waals surface area contributed by atoms with Gasteiger partial charge in [0, 0.05) is 25.0 Å². The fourth-order valence-corrected chi connectivity index (χ4v) is 1.87. The van der Waals surface area contributed by atoms with Gasteiger partial charge in [0.25, 0.3) is 0 Å². The number of rotatable bonds is 7. The topological polar surface area (TPSA) is 70.6 Å². The van der Waals surface area contributed by atoms with E-state index in [0.29, 0.717) is 19.5 Å². The first kappa shape index (κ1) is 17.5. The summed E-state index contributed by atoms with van der Waals surface area (Å²) in [6.45, 7) is 6.80. The highest BCUT2D eigenvalue weighted by atomic mass is 16.5. The van der Waals surface area contributed by atoms with Crippen LogP contribution >= 0.6 is 0 Å². The molecular formula is C16H26N2O3. The van der Waals surface area contributed by atoms with E-state index < -0.39 is 6.10 Å². The molecule has 3 N–H and O–H groups in total. The van der Waals surface area contributed by atoms with Crippen molar-refractivity contribution in [2.45, 2.75) is 38.8 Å². The molecule has 0 saturated heterocycles. The molecule has 1 unspecified atom stereocenters. The van der Waals surface area contributed by atoms with E-state index in [1.807, 2.05) is 45.0 Å². The number of aliphatic hydroxyl groups is 1. The molecule has 0 spiro atoms. The molecule has 0 aliphatic carbocycles.